The summed E-state index contributed by atoms with van der Waals surface area (Å²) in [5.74, 6) is 0.289. The second-order valence-electron chi connectivity index (χ2n) is 6.82. The molecule has 158 valence electrons. The molecule has 1 aromatic carbocycles. The topological polar surface area (TPSA) is 88.2 Å². The molecule has 2 fully saturated rings. The van der Waals surface area contributed by atoms with Gasteiger partial charge in [-0.05, 0) is 24.6 Å². The van der Waals surface area contributed by atoms with Crippen LogP contribution in [0.3, 0.4) is 0 Å². The number of carbonyl (C=O) groups excluding carboxylic acids is 1. The Labute approximate surface area is 172 Å². The lowest BCUT2D eigenvalue weighted by atomic mass is 10.1. The molecule has 28 heavy (non-hydrogen) atoms. The molecule has 10 heteroatoms. The zero-order valence-corrected chi connectivity index (χ0v) is 17.9. The fraction of sp³-hybridized carbons (Fsp3) is 0.611. The average Bonchev–Trinajstić information content (AvgIpc) is 2.69. The number of benzene rings is 1. The van der Waals surface area contributed by atoms with Gasteiger partial charge in [0.05, 0.1) is 26.7 Å². The molecule has 0 radical (unpaired) electrons. The van der Waals surface area contributed by atoms with Gasteiger partial charge in [0.1, 0.15) is 10.6 Å². The van der Waals surface area contributed by atoms with E-state index in [-0.39, 0.29) is 41.4 Å². The first-order valence-corrected chi connectivity index (χ1v) is 10.6. The van der Waals surface area contributed by atoms with Crippen LogP contribution in [0.1, 0.15) is 12.5 Å². The van der Waals surface area contributed by atoms with Crippen LogP contribution in [0, 0.1) is 0 Å². The normalized spacial score (nSPS) is 21.1. The minimum absolute atomic E-state index is 0. The lowest BCUT2D eigenvalue weighted by molar-refractivity contribution is -0.133. The van der Waals surface area contributed by atoms with E-state index in [0.29, 0.717) is 38.4 Å². The molecule has 2 heterocycles. The van der Waals surface area contributed by atoms with Gasteiger partial charge in [-0.2, -0.15) is 4.31 Å². The Balaban J connectivity index is 0.00000280. The molecule has 2 aliphatic rings. The maximum atomic E-state index is 13.0. The maximum absolute atomic E-state index is 13.0. The van der Waals surface area contributed by atoms with Gasteiger partial charge < -0.3 is 19.7 Å². The monoisotopic (exact) mass is 433 g/mol. The van der Waals surface area contributed by atoms with Crippen LogP contribution in [0.15, 0.2) is 23.1 Å². The number of hydrogen-bond acceptors (Lipinski definition) is 6. The number of rotatable bonds is 5. The van der Waals surface area contributed by atoms with Gasteiger partial charge in [0.25, 0.3) is 0 Å². The van der Waals surface area contributed by atoms with Crippen molar-refractivity contribution < 1.29 is 22.7 Å². The highest BCUT2D eigenvalue weighted by atomic mass is 35.5. The second-order valence-corrected chi connectivity index (χ2v) is 8.73. The predicted molar refractivity (Wildman–Crippen MR) is 108 cm³/mol. The lowest BCUT2D eigenvalue weighted by Gasteiger charge is -2.34. The van der Waals surface area contributed by atoms with Crippen molar-refractivity contribution in [1.82, 2.24) is 14.5 Å². The smallest absolute Gasteiger partial charge is 0.246 e. The molecular weight excluding hydrogens is 406 g/mol. The predicted octanol–water partition coefficient (Wildman–Crippen LogP) is 0.501. The summed E-state index contributed by atoms with van der Waals surface area (Å²) in [6, 6.07) is 5.06. The highest BCUT2D eigenvalue weighted by molar-refractivity contribution is 7.89. The third kappa shape index (κ3) is 4.96. The highest BCUT2D eigenvalue weighted by Crippen LogP contribution is 2.28. The lowest BCUT2D eigenvalue weighted by Crippen LogP contribution is -2.52. The van der Waals surface area contributed by atoms with Gasteiger partial charge in [0, 0.05) is 38.8 Å². The van der Waals surface area contributed by atoms with E-state index in [1.165, 1.54) is 11.4 Å². The van der Waals surface area contributed by atoms with Crippen LogP contribution >= 0.6 is 12.4 Å². The Bertz CT molecular complexity index is 783. The molecule has 0 saturated carbocycles. The molecule has 2 saturated heterocycles. The number of amides is 1. The third-order valence-electron chi connectivity index (χ3n) is 4.99. The van der Waals surface area contributed by atoms with Gasteiger partial charge in [-0.3, -0.25) is 4.79 Å². The fourth-order valence-corrected chi connectivity index (χ4v) is 5.06. The van der Waals surface area contributed by atoms with Crippen LogP contribution in [0.5, 0.6) is 5.75 Å². The van der Waals surface area contributed by atoms with E-state index in [9.17, 15) is 13.2 Å². The molecule has 0 bridgehead atoms. The van der Waals surface area contributed by atoms with Gasteiger partial charge >= 0.3 is 0 Å². The molecule has 0 spiro atoms. The molecule has 1 amide bonds. The van der Waals surface area contributed by atoms with E-state index in [1.54, 1.807) is 18.2 Å². The van der Waals surface area contributed by atoms with Crippen LogP contribution in [0.25, 0.3) is 0 Å². The molecule has 8 nitrogen and oxygen atoms in total. The third-order valence-corrected chi connectivity index (χ3v) is 6.91. The van der Waals surface area contributed by atoms with Crippen LogP contribution in [0.2, 0.25) is 0 Å². The van der Waals surface area contributed by atoms with E-state index in [1.807, 2.05) is 11.8 Å². The maximum Gasteiger partial charge on any atom is 0.246 e. The highest BCUT2D eigenvalue weighted by Gasteiger charge is 2.30. The Morgan fingerprint density at radius 1 is 1.29 bits per heavy atom. The largest absolute Gasteiger partial charge is 0.495 e. The SMILES string of the molecule is COc1ccc(CC(=O)N2CCNC[C@H]2C)cc1S(=O)(=O)N1CCOCC1.Cl. The summed E-state index contributed by atoms with van der Waals surface area (Å²) >= 11 is 0. The van der Waals surface area contributed by atoms with Crippen LogP contribution in [-0.2, 0) is 26.0 Å². The molecule has 0 unspecified atom stereocenters. The summed E-state index contributed by atoms with van der Waals surface area (Å²) in [5, 5.41) is 3.26. The molecule has 0 aliphatic carbocycles. The summed E-state index contributed by atoms with van der Waals surface area (Å²) in [7, 11) is -2.26. The zero-order chi connectivity index (χ0) is 19.4. The molecular formula is C18H28ClN3O5S. The van der Waals surface area contributed by atoms with E-state index < -0.39 is 10.0 Å². The van der Waals surface area contributed by atoms with Crippen molar-refractivity contribution >= 4 is 28.3 Å². The van der Waals surface area contributed by atoms with Crippen LogP contribution < -0.4 is 10.1 Å². The van der Waals surface area contributed by atoms with E-state index in [0.717, 1.165) is 13.1 Å². The van der Waals surface area contributed by atoms with Gasteiger partial charge in [0.15, 0.2) is 0 Å². The van der Waals surface area contributed by atoms with Crippen molar-refractivity contribution in [2.75, 3.05) is 53.0 Å². The van der Waals surface area contributed by atoms with E-state index in [4.69, 9.17) is 9.47 Å². The summed E-state index contributed by atoms with van der Waals surface area (Å²) < 4.78 is 38.0. The standard InChI is InChI=1S/C18H27N3O5S.ClH/c1-14-13-19-5-6-21(14)18(22)12-15-3-4-16(25-2)17(11-15)27(23,24)20-7-9-26-10-8-20;/h3-4,11,14,19H,5-10,12-13H2,1-2H3;1H/t14-;/m1./s1. The number of nitrogens with one attached hydrogen (secondary N) is 1. The average molecular weight is 434 g/mol. The number of piperazine rings is 1. The quantitative estimate of drug-likeness (QED) is 0.727. The number of morpholine rings is 1. The molecule has 3 rings (SSSR count). The van der Waals surface area contributed by atoms with Gasteiger partial charge in [-0.25, -0.2) is 8.42 Å². The number of nitrogens with zero attached hydrogens (tertiary/aromatic N) is 2. The van der Waals surface area contributed by atoms with E-state index in [2.05, 4.69) is 5.32 Å². The second kappa shape index (κ2) is 9.89. The Hall–Kier alpha value is -1.39. The van der Waals surface area contributed by atoms with Crippen molar-refractivity contribution in [1.29, 1.82) is 0 Å². The molecule has 0 aromatic heterocycles. The minimum Gasteiger partial charge on any atom is -0.495 e. The number of ether oxygens (including phenoxy) is 2. The van der Waals surface area contributed by atoms with Gasteiger partial charge in [-0.15, -0.1) is 12.4 Å². The fourth-order valence-electron chi connectivity index (χ4n) is 3.45. The summed E-state index contributed by atoms with van der Waals surface area (Å²) in [6.45, 7) is 5.59. The molecule has 2 aliphatic heterocycles. The van der Waals surface area contributed by atoms with Gasteiger partial charge in [-0.1, -0.05) is 6.07 Å². The van der Waals surface area contributed by atoms with Crippen molar-refractivity contribution in [2.24, 2.45) is 0 Å². The van der Waals surface area contributed by atoms with Gasteiger partial charge in [0.2, 0.25) is 15.9 Å². The Kier molecular flexibility index (Phi) is 8.08. The summed E-state index contributed by atoms with van der Waals surface area (Å²) in [4.78, 5) is 14.6. The number of hydrogen-bond donors (Lipinski definition) is 1. The first kappa shape index (κ1) is 22.9. The minimum atomic E-state index is -3.71. The number of halogens is 1. The van der Waals surface area contributed by atoms with Crippen LogP contribution in [-0.4, -0.2) is 82.6 Å². The first-order valence-electron chi connectivity index (χ1n) is 9.18. The van der Waals surface area contributed by atoms with Crippen molar-refractivity contribution in [3.05, 3.63) is 23.8 Å². The molecule has 1 atom stereocenters. The molecule has 1 N–H and O–H groups in total. The summed E-state index contributed by atoms with van der Waals surface area (Å²) in [6.07, 6.45) is 0.167. The Morgan fingerprint density at radius 2 is 2.00 bits per heavy atom. The summed E-state index contributed by atoms with van der Waals surface area (Å²) in [5.41, 5.74) is 0.665. The van der Waals surface area contributed by atoms with Crippen LogP contribution in [0.4, 0.5) is 0 Å². The molecule has 1 aromatic rings. The van der Waals surface area contributed by atoms with Crippen molar-refractivity contribution in [3.8, 4) is 5.75 Å². The number of carbonyl (C=O) groups is 1. The van der Waals surface area contributed by atoms with Crippen molar-refractivity contribution in [2.45, 2.75) is 24.3 Å². The van der Waals surface area contributed by atoms with E-state index >= 15 is 0 Å². The van der Waals surface area contributed by atoms with Crippen molar-refractivity contribution in [3.63, 3.8) is 0 Å². The zero-order valence-electron chi connectivity index (χ0n) is 16.2. The number of sulfonamides is 1. The first-order chi connectivity index (χ1) is 12.9. The number of methoxy groups -OCH3 is 1. The Morgan fingerprint density at radius 3 is 2.64 bits per heavy atom.